The first-order chi connectivity index (χ1) is 14.6. The smallest absolute Gasteiger partial charge is 0.322 e. The molecule has 3 heterocycles. The summed E-state index contributed by atoms with van der Waals surface area (Å²) in [7, 11) is 1.63. The highest BCUT2D eigenvalue weighted by atomic mass is 32.1. The number of rotatable bonds is 3. The predicted octanol–water partition coefficient (Wildman–Crippen LogP) is 4.20. The van der Waals surface area contributed by atoms with Crippen LogP contribution in [-0.4, -0.2) is 39.2 Å². The highest BCUT2D eigenvalue weighted by Crippen LogP contribution is 2.30. The fourth-order valence-corrected chi connectivity index (χ4v) is 4.61. The monoisotopic (exact) mass is 423 g/mol. The van der Waals surface area contributed by atoms with E-state index in [2.05, 4.69) is 15.4 Å². The van der Waals surface area contributed by atoms with Crippen molar-refractivity contribution in [3.63, 3.8) is 0 Å². The third-order valence-corrected chi connectivity index (χ3v) is 6.09. The Morgan fingerprint density at radius 2 is 2.07 bits per heavy atom. The van der Waals surface area contributed by atoms with Crippen LogP contribution in [0.5, 0.6) is 5.75 Å². The molecular weight excluding hydrogens is 405 g/mol. The number of thiazole rings is 1. The van der Waals surface area contributed by atoms with E-state index in [1.165, 1.54) is 23.5 Å². The predicted molar refractivity (Wildman–Crippen MR) is 112 cm³/mol. The minimum absolute atomic E-state index is 0.246. The van der Waals surface area contributed by atoms with Crippen molar-refractivity contribution in [2.45, 2.75) is 13.0 Å². The number of hydrogen-bond acceptors (Lipinski definition) is 5. The molecule has 0 radical (unpaired) electrons. The summed E-state index contributed by atoms with van der Waals surface area (Å²) in [5.74, 6) is 1.07. The summed E-state index contributed by atoms with van der Waals surface area (Å²) >= 11 is 1.54. The first-order valence-electron chi connectivity index (χ1n) is 9.44. The largest absolute Gasteiger partial charge is 0.497 e. The molecule has 0 atom stereocenters. The van der Waals surface area contributed by atoms with Gasteiger partial charge in [-0.2, -0.15) is 4.98 Å². The van der Waals surface area contributed by atoms with E-state index in [4.69, 9.17) is 4.74 Å². The van der Waals surface area contributed by atoms with Crippen LogP contribution >= 0.6 is 11.3 Å². The number of methoxy groups -OCH3 is 1. The zero-order valence-electron chi connectivity index (χ0n) is 16.1. The number of carbonyl (C=O) groups excluding carboxylic acids is 1. The SMILES string of the molecule is COc1ccc(-c2nc3sc4c(n3n2)CCN(C(=O)Nc2cccc(F)c2)C4)cc1. The summed E-state index contributed by atoms with van der Waals surface area (Å²) in [5.41, 5.74) is 2.45. The highest BCUT2D eigenvalue weighted by Gasteiger charge is 2.26. The summed E-state index contributed by atoms with van der Waals surface area (Å²) in [4.78, 5) is 20.8. The molecular formula is C21H18FN5O2S. The summed E-state index contributed by atoms with van der Waals surface area (Å²) in [6.07, 6.45) is 0.678. The van der Waals surface area contributed by atoms with Gasteiger partial charge in [-0.1, -0.05) is 17.4 Å². The molecule has 0 saturated heterocycles. The van der Waals surface area contributed by atoms with Gasteiger partial charge in [0.15, 0.2) is 5.82 Å². The molecule has 2 aromatic heterocycles. The standard InChI is InChI=1S/C21H18FN5O2S/c1-29-16-7-5-13(6-8-16)19-24-21-27(25-19)17-9-10-26(12-18(17)30-21)20(28)23-15-4-2-3-14(22)11-15/h2-8,11H,9-10,12H2,1H3,(H,23,28). The number of benzene rings is 2. The fraction of sp³-hybridized carbons (Fsp3) is 0.190. The third-order valence-electron chi connectivity index (χ3n) is 5.03. The molecule has 0 spiro atoms. The number of nitrogens with zero attached hydrogens (tertiary/aromatic N) is 4. The summed E-state index contributed by atoms with van der Waals surface area (Å²) < 4.78 is 20.4. The second-order valence-electron chi connectivity index (χ2n) is 6.94. The maximum absolute atomic E-state index is 13.3. The van der Waals surface area contributed by atoms with Crippen molar-refractivity contribution < 1.29 is 13.9 Å². The van der Waals surface area contributed by atoms with E-state index in [1.54, 1.807) is 24.1 Å². The van der Waals surface area contributed by atoms with Gasteiger partial charge in [-0.3, -0.25) is 0 Å². The van der Waals surface area contributed by atoms with Gasteiger partial charge in [-0.05, 0) is 42.5 Å². The number of ether oxygens (including phenoxy) is 1. The molecule has 5 rings (SSSR count). The third kappa shape index (κ3) is 3.37. The topological polar surface area (TPSA) is 71.8 Å². The van der Waals surface area contributed by atoms with Crippen molar-refractivity contribution in [2.75, 3.05) is 19.0 Å². The van der Waals surface area contributed by atoms with Crippen LogP contribution in [-0.2, 0) is 13.0 Å². The van der Waals surface area contributed by atoms with Crippen molar-refractivity contribution in [2.24, 2.45) is 0 Å². The summed E-state index contributed by atoms with van der Waals surface area (Å²) in [6, 6.07) is 13.3. The van der Waals surface area contributed by atoms with Gasteiger partial charge >= 0.3 is 6.03 Å². The Kier molecular flexibility index (Phi) is 4.59. The van der Waals surface area contributed by atoms with E-state index < -0.39 is 0 Å². The fourth-order valence-electron chi connectivity index (χ4n) is 3.49. The molecule has 7 nitrogen and oxygen atoms in total. The van der Waals surface area contributed by atoms with Crippen LogP contribution in [0.4, 0.5) is 14.9 Å². The van der Waals surface area contributed by atoms with E-state index >= 15 is 0 Å². The number of fused-ring (bicyclic) bond motifs is 3. The van der Waals surface area contributed by atoms with Gasteiger partial charge in [0.05, 0.1) is 19.3 Å². The molecule has 1 aliphatic heterocycles. The Labute approximate surface area is 175 Å². The first-order valence-corrected chi connectivity index (χ1v) is 10.3. The number of aromatic nitrogens is 3. The van der Waals surface area contributed by atoms with Gasteiger partial charge in [-0.25, -0.2) is 13.7 Å². The van der Waals surface area contributed by atoms with Crippen LogP contribution in [0.25, 0.3) is 16.3 Å². The number of amides is 2. The number of halogens is 1. The van der Waals surface area contributed by atoms with Crippen LogP contribution in [0.1, 0.15) is 10.6 Å². The number of urea groups is 1. The average molecular weight is 423 g/mol. The van der Waals surface area contributed by atoms with Gasteiger partial charge in [0.2, 0.25) is 4.96 Å². The minimum atomic E-state index is -0.382. The molecule has 0 bridgehead atoms. The van der Waals surface area contributed by atoms with Gasteiger partial charge in [0, 0.05) is 29.1 Å². The van der Waals surface area contributed by atoms with Crippen molar-refractivity contribution >= 4 is 28.0 Å². The lowest BCUT2D eigenvalue weighted by Crippen LogP contribution is -2.38. The van der Waals surface area contributed by atoms with E-state index in [9.17, 15) is 9.18 Å². The molecule has 1 aliphatic rings. The first kappa shape index (κ1) is 18.6. The second-order valence-corrected chi connectivity index (χ2v) is 8.00. The van der Waals surface area contributed by atoms with Gasteiger partial charge < -0.3 is 15.0 Å². The van der Waals surface area contributed by atoms with Crippen molar-refractivity contribution in [3.05, 3.63) is 64.9 Å². The average Bonchev–Trinajstić information content (AvgIpc) is 3.31. The number of carbonyl (C=O) groups is 1. The van der Waals surface area contributed by atoms with E-state index in [-0.39, 0.29) is 11.8 Å². The molecule has 0 saturated carbocycles. The molecule has 30 heavy (non-hydrogen) atoms. The lowest BCUT2D eigenvalue weighted by molar-refractivity contribution is 0.206. The Morgan fingerprint density at radius 3 is 2.83 bits per heavy atom. The Morgan fingerprint density at radius 1 is 1.23 bits per heavy atom. The maximum atomic E-state index is 13.3. The summed E-state index contributed by atoms with van der Waals surface area (Å²) in [6.45, 7) is 1.03. The molecule has 9 heteroatoms. The molecule has 152 valence electrons. The van der Waals surface area contributed by atoms with Gasteiger partial charge in [0.25, 0.3) is 0 Å². The molecule has 1 N–H and O–H groups in total. The van der Waals surface area contributed by atoms with Crippen LogP contribution < -0.4 is 10.1 Å². The number of anilines is 1. The van der Waals surface area contributed by atoms with Crippen LogP contribution in [0, 0.1) is 5.82 Å². The Bertz CT molecular complexity index is 1230. The lowest BCUT2D eigenvalue weighted by Gasteiger charge is -2.26. The zero-order chi connectivity index (χ0) is 20.7. The lowest BCUT2D eigenvalue weighted by atomic mass is 10.2. The van der Waals surface area contributed by atoms with E-state index in [1.807, 2.05) is 28.8 Å². The van der Waals surface area contributed by atoms with E-state index in [0.29, 0.717) is 31.0 Å². The van der Waals surface area contributed by atoms with E-state index in [0.717, 1.165) is 26.8 Å². The minimum Gasteiger partial charge on any atom is -0.497 e. The van der Waals surface area contributed by atoms with Crippen LogP contribution in [0.15, 0.2) is 48.5 Å². The highest BCUT2D eigenvalue weighted by molar-refractivity contribution is 7.17. The normalized spacial score (nSPS) is 13.3. The molecule has 0 fully saturated rings. The van der Waals surface area contributed by atoms with Crippen molar-refractivity contribution in [1.29, 1.82) is 0 Å². The second kappa shape index (κ2) is 7.42. The number of nitrogens with one attached hydrogen (secondary N) is 1. The van der Waals surface area contributed by atoms with Gasteiger partial charge in [0.1, 0.15) is 11.6 Å². The maximum Gasteiger partial charge on any atom is 0.322 e. The van der Waals surface area contributed by atoms with Crippen molar-refractivity contribution in [3.8, 4) is 17.1 Å². The van der Waals surface area contributed by atoms with Crippen molar-refractivity contribution in [1.82, 2.24) is 19.5 Å². The Hall–Kier alpha value is -3.46. The zero-order valence-corrected chi connectivity index (χ0v) is 16.9. The summed E-state index contributed by atoms with van der Waals surface area (Å²) in [5, 5.41) is 7.43. The molecule has 2 aromatic carbocycles. The number of hydrogen-bond donors (Lipinski definition) is 1. The molecule has 2 amide bonds. The molecule has 0 aliphatic carbocycles. The quantitative estimate of drug-likeness (QED) is 0.536. The molecule has 0 unspecified atom stereocenters. The van der Waals surface area contributed by atoms with Crippen LogP contribution in [0.3, 0.4) is 0 Å². The van der Waals surface area contributed by atoms with Gasteiger partial charge in [-0.15, -0.1) is 5.10 Å². The Balaban J connectivity index is 1.35. The van der Waals surface area contributed by atoms with Crippen LogP contribution in [0.2, 0.25) is 0 Å². The molecule has 4 aromatic rings.